The number of nitrogens with one attached hydrogen (secondary N) is 2. The summed E-state index contributed by atoms with van der Waals surface area (Å²) in [6.45, 7) is 2.27. The molecule has 3 N–H and O–H groups in total. The number of aromatic nitrogens is 2. The van der Waals surface area contributed by atoms with Crippen LogP contribution in [0.1, 0.15) is 22.7 Å². The molecule has 0 aliphatic heterocycles. The molecule has 126 valence electrons. The lowest BCUT2D eigenvalue weighted by Crippen LogP contribution is -2.38. The van der Waals surface area contributed by atoms with Crippen molar-refractivity contribution in [1.29, 1.82) is 0 Å². The summed E-state index contributed by atoms with van der Waals surface area (Å²) in [7, 11) is 0. The smallest absolute Gasteiger partial charge is 0.314 e. The van der Waals surface area contributed by atoms with Gasteiger partial charge in [-0.15, -0.1) is 11.3 Å². The zero-order chi connectivity index (χ0) is 16.9. The molecule has 2 aromatic heterocycles. The average molecular weight is 346 g/mol. The van der Waals surface area contributed by atoms with Crippen LogP contribution in [0.15, 0.2) is 34.9 Å². The highest BCUT2D eigenvalue weighted by molar-refractivity contribution is 7.19. The second-order valence-electron chi connectivity index (χ2n) is 5.32. The van der Waals surface area contributed by atoms with Crippen molar-refractivity contribution in [3.8, 4) is 0 Å². The van der Waals surface area contributed by atoms with E-state index in [1.54, 1.807) is 6.92 Å². The van der Waals surface area contributed by atoms with Crippen molar-refractivity contribution in [1.82, 2.24) is 20.8 Å². The Morgan fingerprint density at radius 1 is 1.38 bits per heavy atom. The SMILES string of the molecule is Cc1noc(CCNC(=O)NCC(O)c2cc3ccccc3s2)n1. The number of aliphatic hydroxyl groups excluding tert-OH is 1. The first-order valence-electron chi connectivity index (χ1n) is 7.59. The quantitative estimate of drug-likeness (QED) is 0.635. The van der Waals surface area contributed by atoms with E-state index in [1.165, 1.54) is 11.3 Å². The number of hydrogen-bond donors (Lipinski definition) is 3. The highest BCUT2D eigenvalue weighted by Gasteiger charge is 2.12. The number of fused-ring (bicyclic) bond motifs is 1. The van der Waals surface area contributed by atoms with Gasteiger partial charge in [0.05, 0.1) is 6.54 Å². The van der Waals surface area contributed by atoms with Gasteiger partial charge in [0.15, 0.2) is 5.82 Å². The number of aliphatic hydroxyl groups is 1. The molecule has 0 aliphatic rings. The molecule has 2 amide bonds. The van der Waals surface area contributed by atoms with Crippen molar-refractivity contribution < 1.29 is 14.4 Å². The van der Waals surface area contributed by atoms with Crippen LogP contribution in [-0.4, -0.2) is 34.4 Å². The van der Waals surface area contributed by atoms with Gasteiger partial charge in [0.2, 0.25) is 5.89 Å². The number of thiophene rings is 1. The van der Waals surface area contributed by atoms with E-state index < -0.39 is 6.10 Å². The molecule has 2 heterocycles. The topological polar surface area (TPSA) is 100 Å². The summed E-state index contributed by atoms with van der Waals surface area (Å²) in [6.07, 6.45) is -0.264. The van der Waals surface area contributed by atoms with Gasteiger partial charge >= 0.3 is 6.03 Å². The van der Waals surface area contributed by atoms with Crippen molar-refractivity contribution in [3.63, 3.8) is 0 Å². The van der Waals surface area contributed by atoms with Crippen molar-refractivity contribution in [2.24, 2.45) is 0 Å². The Hall–Kier alpha value is -2.45. The summed E-state index contributed by atoms with van der Waals surface area (Å²) in [5, 5.41) is 20.3. The number of urea groups is 1. The average Bonchev–Trinajstić information content (AvgIpc) is 3.18. The summed E-state index contributed by atoms with van der Waals surface area (Å²) in [4.78, 5) is 16.6. The predicted octanol–water partition coefficient (Wildman–Crippen LogP) is 2.17. The van der Waals surface area contributed by atoms with Crippen LogP contribution in [0.3, 0.4) is 0 Å². The molecular weight excluding hydrogens is 328 g/mol. The maximum atomic E-state index is 11.7. The van der Waals surface area contributed by atoms with Crippen LogP contribution in [0.4, 0.5) is 4.79 Å². The molecular formula is C16H18N4O3S. The van der Waals surface area contributed by atoms with Gasteiger partial charge in [-0.1, -0.05) is 23.4 Å². The van der Waals surface area contributed by atoms with Gasteiger partial charge in [0.25, 0.3) is 0 Å². The molecule has 1 atom stereocenters. The molecule has 0 aliphatic carbocycles. The van der Waals surface area contributed by atoms with E-state index in [0.29, 0.717) is 24.7 Å². The highest BCUT2D eigenvalue weighted by atomic mass is 32.1. The van der Waals surface area contributed by atoms with E-state index in [2.05, 4.69) is 20.8 Å². The molecule has 1 aromatic carbocycles. The fourth-order valence-corrected chi connectivity index (χ4v) is 3.29. The maximum Gasteiger partial charge on any atom is 0.314 e. The maximum absolute atomic E-state index is 11.7. The molecule has 0 spiro atoms. The molecule has 24 heavy (non-hydrogen) atoms. The van der Waals surface area contributed by atoms with Crippen molar-refractivity contribution in [3.05, 3.63) is 46.9 Å². The monoisotopic (exact) mass is 346 g/mol. The molecule has 0 saturated carbocycles. The number of amides is 2. The number of rotatable bonds is 6. The van der Waals surface area contributed by atoms with Crippen LogP contribution in [0.5, 0.6) is 0 Å². The van der Waals surface area contributed by atoms with E-state index in [9.17, 15) is 9.90 Å². The Morgan fingerprint density at radius 3 is 2.96 bits per heavy atom. The lowest BCUT2D eigenvalue weighted by molar-refractivity contribution is 0.176. The van der Waals surface area contributed by atoms with Crippen LogP contribution in [0, 0.1) is 6.92 Å². The standard InChI is InChI=1S/C16H18N4O3S/c1-10-19-15(23-20-10)6-7-17-16(22)18-9-12(21)14-8-11-4-2-3-5-13(11)24-14/h2-5,8,12,21H,6-7,9H2,1H3,(H2,17,18,22). The lowest BCUT2D eigenvalue weighted by Gasteiger charge is -2.10. The first-order chi connectivity index (χ1) is 11.6. The molecule has 0 fully saturated rings. The second-order valence-corrected chi connectivity index (χ2v) is 6.44. The molecule has 0 saturated heterocycles. The molecule has 3 rings (SSSR count). The summed E-state index contributed by atoms with van der Waals surface area (Å²) in [6, 6.07) is 9.54. The van der Waals surface area contributed by atoms with Crippen LogP contribution >= 0.6 is 11.3 Å². The minimum Gasteiger partial charge on any atom is -0.386 e. The van der Waals surface area contributed by atoms with Crippen LogP contribution < -0.4 is 10.6 Å². The predicted molar refractivity (Wildman–Crippen MR) is 90.9 cm³/mol. The fourth-order valence-electron chi connectivity index (χ4n) is 2.24. The number of carbonyl (C=O) groups is 1. The largest absolute Gasteiger partial charge is 0.386 e. The number of carbonyl (C=O) groups excluding carboxylic acids is 1. The van der Waals surface area contributed by atoms with Gasteiger partial charge in [-0.3, -0.25) is 0 Å². The van der Waals surface area contributed by atoms with Crippen molar-refractivity contribution >= 4 is 27.5 Å². The summed E-state index contributed by atoms with van der Waals surface area (Å²) >= 11 is 1.53. The number of nitrogens with zero attached hydrogens (tertiary/aromatic N) is 2. The number of benzene rings is 1. The lowest BCUT2D eigenvalue weighted by atomic mass is 10.2. The third-order valence-corrected chi connectivity index (χ3v) is 4.64. The molecule has 3 aromatic rings. The van der Waals surface area contributed by atoms with Gasteiger partial charge in [-0.2, -0.15) is 4.98 Å². The van der Waals surface area contributed by atoms with E-state index >= 15 is 0 Å². The van der Waals surface area contributed by atoms with Gasteiger partial charge < -0.3 is 20.3 Å². The third-order valence-electron chi connectivity index (χ3n) is 3.42. The Bertz CT molecular complexity index is 796. The summed E-state index contributed by atoms with van der Waals surface area (Å²) in [5.41, 5.74) is 0. The normalized spacial score (nSPS) is 12.2. The Morgan fingerprint density at radius 2 is 2.21 bits per heavy atom. The zero-order valence-electron chi connectivity index (χ0n) is 13.2. The molecule has 1 unspecified atom stereocenters. The van der Waals surface area contributed by atoms with Crippen LogP contribution in [0.25, 0.3) is 10.1 Å². The molecule has 7 nitrogen and oxygen atoms in total. The van der Waals surface area contributed by atoms with Gasteiger partial charge in [-0.25, -0.2) is 4.79 Å². The highest BCUT2D eigenvalue weighted by Crippen LogP contribution is 2.29. The van der Waals surface area contributed by atoms with Gasteiger partial charge in [0.1, 0.15) is 6.10 Å². The molecule has 0 bridgehead atoms. The third kappa shape index (κ3) is 4.09. The molecule has 0 radical (unpaired) electrons. The van der Waals surface area contributed by atoms with Crippen LogP contribution in [0.2, 0.25) is 0 Å². The van der Waals surface area contributed by atoms with Gasteiger partial charge in [-0.05, 0) is 24.4 Å². The number of aryl methyl sites for hydroxylation is 1. The van der Waals surface area contributed by atoms with Crippen LogP contribution in [-0.2, 0) is 6.42 Å². The second kappa shape index (κ2) is 7.41. The minimum absolute atomic E-state index is 0.151. The first-order valence-corrected chi connectivity index (χ1v) is 8.41. The van der Waals surface area contributed by atoms with E-state index in [-0.39, 0.29) is 12.6 Å². The minimum atomic E-state index is -0.730. The summed E-state index contributed by atoms with van der Waals surface area (Å²) < 4.78 is 6.08. The van der Waals surface area contributed by atoms with Crippen molar-refractivity contribution in [2.75, 3.05) is 13.1 Å². The Kier molecular flexibility index (Phi) is 5.07. The van der Waals surface area contributed by atoms with E-state index in [0.717, 1.165) is 15.0 Å². The van der Waals surface area contributed by atoms with E-state index in [1.807, 2.05) is 30.3 Å². The Balaban J connectivity index is 1.43. The van der Waals surface area contributed by atoms with E-state index in [4.69, 9.17) is 4.52 Å². The zero-order valence-corrected chi connectivity index (χ0v) is 14.0. The first kappa shape index (κ1) is 16.4. The van der Waals surface area contributed by atoms with Crippen molar-refractivity contribution in [2.45, 2.75) is 19.4 Å². The molecule has 8 heteroatoms. The Labute approximate surface area is 142 Å². The fraction of sp³-hybridized carbons (Fsp3) is 0.312. The number of hydrogen-bond acceptors (Lipinski definition) is 6. The summed E-state index contributed by atoms with van der Waals surface area (Å²) in [5.74, 6) is 1.05. The van der Waals surface area contributed by atoms with Gasteiger partial charge in [0, 0.05) is 22.5 Å².